The molecule has 1 saturated heterocycles. The fraction of sp³-hybridized carbons (Fsp3) is 0.542. The number of benzene rings is 1. The molecule has 0 radical (unpaired) electrons. The summed E-state index contributed by atoms with van der Waals surface area (Å²) in [5.41, 5.74) is -5.37. The fourth-order valence-electron chi connectivity index (χ4n) is 4.04. The molecule has 0 spiro atoms. The zero-order valence-corrected chi connectivity index (χ0v) is 22.5. The van der Waals surface area contributed by atoms with Crippen molar-refractivity contribution in [3.63, 3.8) is 0 Å². The molecule has 1 aliphatic heterocycles. The minimum absolute atomic E-state index is 0.138. The molecule has 1 unspecified atom stereocenters. The third kappa shape index (κ3) is 6.82. The largest absolute Gasteiger partial charge is 0.463 e. The first-order chi connectivity index (χ1) is 18.2. The quantitative estimate of drug-likeness (QED) is 0.266. The van der Waals surface area contributed by atoms with Crippen LogP contribution in [0.15, 0.2) is 46.1 Å². The van der Waals surface area contributed by atoms with E-state index in [9.17, 15) is 37.9 Å². The van der Waals surface area contributed by atoms with Crippen LogP contribution in [0.3, 0.4) is 0 Å². The SMILES string of the molecule is CC(C)OC(=O)[C@H](C)C[P@](=O)(Oc1ccccc1)O[C@H](C)[C@H]1O[C@@H](n2cc(F)c(=O)[nH]c2=O)C(O)(CF)[C@H]1O. The smallest absolute Gasteiger partial charge is 0.380 e. The number of rotatable bonds is 11. The monoisotopic (exact) mass is 576 g/mol. The third-order valence-corrected chi connectivity index (χ3v) is 8.09. The highest BCUT2D eigenvalue weighted by Crippen LogP contribution is 2.53. The maximum atomic E-state index is 14.1. The summed E-state index contributed by atoms with van der Waals surface area (Å²) in [6, 6.07) is 7.89. The van der Waals surface area contributed by atoms with Crippen molar-refractivity contribution in [1.29, 1.82) is 0 Å². The van der Waals surface area contributed by atoms with Gasteiger partial charge >= 0.3 is 19.3 Å². The van der Waals surface area contributed by atoms with Gasteiger partial charge in [-0.3, -0.25) is 23.7 Å². The number of aromatic amines is 1. The van der Waals surface area contributed by atoms with Crippen LogP contribution in [0.4, 0.5) is 8.78 Å². The Morgan fingerprint density at radius 2 is 1.87 bits per heavy atom. The molecule has 0 bridgehead atoms. The maximum Gasteiger partial charge on any atom is 0.380 e. The predicted molar refractivity (Wildman–Crippen MR) is 133 cm³/mol. The van der Waals surface area contributed by atoms with Crippen LogP contribution in [0.1, 0.15) is 33.9 Å². The summed E-state index contributed by atoms with van der Waals surface area (Å²) in [5.74, 6) is -2.91. The zero-order chi connectivity index (χ0) is 29.1. The lowest BCUT2D eigenvalue weighted by Gasteiger charge is -2.30. The molecule has 0 aliphatic carbocycles. The van der Waals surface area contributed by atoms with Gasteiger partial charge in [0.25, 0.3) is 5.56 Å². The van der Waals surface area contributed by atoms with Crippen LogP contribution >= 0.6 is 7.60 Å². The number of esters is 1. The Labute approximate surface area is 222 Å². The van der Waals surface area contributed by atoms with E-state index in [2.05, 4.69) is 0 Å². The van der Waals surface area contributed by atoms with Crippen molar-refractivity contribution in [1.82, 2.24) is 9.55 Å². The highest BCUT2D eigenvalue weighted by molar-refractivity contribution is 7.54. The average molecular weight is 576 g/mol. The first kappa shape index (κ1) is 30.6. The van der Waals surface area contributed by atoms with E-state index in [1.165, 1.54) is 26.0 Å². The van der Waals surface area contributed by atoms with Gasteiger partial charge in [0.05, 0.1) is 30.5 Å². The van der Waals surface area contributed by atoms with Gasteiger partial charge in [-0.15, -0.1) is 0 Å². The summed E-state index contributed by atoms with van der Waals surface area (Å²) in [6.45, 7) is 4.37. The fourth-order valence-corrected chi connectivity index (χ4v) is 6.13. The van der Waals surface area contributed by atoms with E-state index in [4.69, 9.17) is 18.5 Å². The molecule has 2 heterocycles. The third-order valence-electron chi connectivity index (χ3n) is 5.96. The topological polar surface area (TPSA) is 166 Å². The molecule has 216 valence electrons. The molecule has 7 atom stereocenters. The Hall–Kier alpha value is -2.90. The van der Waals surface area contributed by atoms with Gasteiger partial charge in [-0.1, -0.05) is 25.1 Å². The summed E-state index contributed by atoms with van der Waals surface area (Å²) in [7, 11) is -4.24. The number of ether oxygens (including phenoxy) is 2. The van der Waals surface area contributed by atoms with Crippen LogP contribution in [0.5, 0.6) is 5.75 Å². The van der Waals surface area contributed by atoms with E-state index in [0.29, 0.717) is 10.8 Å². The first-order valence-corrected chi connectivity index (χ1v) is 13.8. The van der Waals surface area contributed by atoms with Crippen molar-refractivity contribution in [3.8, 4) is 5.75 Å². The summed E-state index contributed by atoms with van der Waals surface area (Å²) < 4.78 is 64.3. The molecule has 3 N–H and O–H groups in total. The van der Waals surface area contributed by atoms with Crippen molar-refractivity contribution in [2.24, 2.45) is 5.92 Å². The molecule has 1 aromatic carbocycles. The number of para-hydroxylation sites is 1. The Balaban J connectivity index is 1.91. The molecule has 0 amide bonds. The Morgan fingerprint density at radius 1 is 1.23 bits per heavy atom. The van der Waals surface area contributed by atoms with Crippen molar-refractivity contribution in [3.05, 3.63) is 63.2 Å². The number of hydrogen-bond donors (Lipinski definition) is 3. The summed E-state index contributed by atoms with van der Waals surface area (Å²) >= 11 is 0. The number of halogens is 2. The number of hydrogen-bond acceptors (Lipinski definition) is 10. The lowest BCUT2D eigenvalue weighted by Crippen LogP contribution is -2.52. The molecule has 0 saturated carbocycles. The first-order valence-electron chi connectivity index (χ1n) is 12.1. The molecule has 2 aromatic rings. The Morgan fingerprint density at radius 3 is 2.46 bits per heavy atom. The van der Waals surface area contributed by atoms with E-state index < -0.39 is 85.6 Å². The second-order valence-corrected chi connectivity index (χ2v) is 11.5. The van der Waals surface area contributed by atoms with E-state index in [-0.39, 0.29) is 5.75 Å². The predicted octanol–water partition coefficient (Wildman–Crippen LogP) is 1.90. The second kappa shape index (κ2) is 12.1. The normalized spacial score (nSPS) is 26.1. The summed E-state index contributed by atoms with van der Waals surface area (Å²) in [5, 5.41) is 21.7. The molecular weight excluding hydrogens is 545 g/mol. The number of nitrogens with one attached hydrogen (secondary N) is 1. The summed E-state index contributed by atoms with van der Waals surface area (Å²) in [6.07, 6.45) is -7.58. The molecule has 3 rings (SSSR count). The highest BCUT2D eigenvalue weighted by Gasteiger charge is 2.59. The lowest BCUT2D eigenvalue weighted by atomic mass is 9.93. The molecular formula is C24H31F2N2O10P. The van der Waals surface area contributed by atoms with E-state index in [1.807, 2.05) is 0 Å². The number of carbonyl (C=O) groups excluding carboxylic acids is 1. The number of H-pyrrole nitrogens is 1. The van der Waals surface area contributed by atoms with E-state index in [1.54, 1.807) is 37.0 Å². The molecule has 12 nitrogen and oxygen atoms in total. The Kier molecular flexibility index (Phi) is 9.50. The van der Waals surface area contributed by atoms with Gasteiger partial charge < -0.3 is 24.2 Å². The van der Waals surface area contributed by atoms with Gasteiger partial charge in [0.15, 0.2) is 11.8 Å². The van der Waals surface area contributed by atoms with Crippen LogP contribution in [0, 0.1) is 11.7 Å². The molecule has 1 fully saturated rings. The van der Waals surface area contributed by atoms with Crippen molar-refractivity contribution >= 4 is 13.6 Å². The number of nitrogens with zero attached hydrogens (tertiary/aromatic N) is 1. The van der Waals surface area contributed by atoms with Gasteiger partial charge in [0, 0.05) is 0 Å². The zero-order valence-electron chi connectivity index (χ0n) is 21.7. The van der Waals surface area contributed by atoms with Crippen LogP contribution in [-0.2, 0) is 23.4 Å². The number of alkyl halides is 1. The van der Waals surface area contributed by atoms with Crippen LogP contribution in [0.2, 0.25) is 0 Å². The number of aliphatic hydroxyl groups excluding tert-OH is 1. The maximum absolute atomic E-state index is 14.1. The van der Waals surface area contributed by atoms with Crippen molar-refractivity contribution in [2.75, 3.05) is 12.8 Å². The number of aliphatic hydroxyl groups is 2. The summed E-state index contributed by atoms with van der Waals surface area (Å²) in [4.78, 5) is 37.7. The van der Waals surface area contributed by atoms with Gasteiger partial charge in [-0.05, 0) is 32.9 Å². The average Bonchev–Trinajstić information content (AvgIpc) is 3.12. The number of carbonyl (C=O) groups is 1. The van der Waals surface area contributed by atoms with Gasteiger partial charge in [0.1, 0.15) is 24.6 Å². The van der Waals surface area contributed by atoms with Crippen LogP contribution < -0.4 is 15.8 Å². The van der Waals surface area contributed by atoms with Crippen LogP contribution in [-0.4, -0.2) is 68.6 Å². The van der Waals surface area contributed by atoms with E-state index >= 15 is 0 Å². The molecule has 15 heteroatoms. The van der Waals surface area contributed by atoms with Crippen LogP contribution in [0.25, 0.3) is 0 Å². The molecule has 1 aliphatic rings. The molecule has 1 aromatic heterocycles. The van der Waals surface area contributed by atoms with E-state index in [0.717, 1.165) is 0 Å². The minimum Gasteiger partial charge on any atom is -0.463 e. The van der Waals surface area contributed by atoms with Gasteiger partial charge in [0.2, 0.25) is 5.82 Å². The van der Waals surface area contributed by atoms with Gasteiger partial charge in [-0.2, -0.15) is 4.39 Å². The van der Waals surface area contributed by atoms with Gasteiger partial charge in [-0.25, -0.2) is 13.8 Å². The number of aromatic nitrogens is 2. The standard InChI is InChI=1S/C24H31F2N2O10P/c1-13(2)35-21(31)14(3)11-39(34,38-16-8-6-5-7-9-16)37-15(4)18-19(29)24(33,12-25)22(36-18)28-10-17(26)20(30)27-23(28)32/h5-10,13-15,18-19,22,29,33H,11-12H2,1-4H3,(H,27,30,32)/t14-,15-,18-,19+,22-,24?,39-/m1/s1. The Bertz CT molecular complexity index is 1320. The second-order valence-electron chi connectivity index (χ2n) is 9.56. The highest BCUT2D eigenvalue weighted by atomic mass is 31.2. The lowest BCUT2D eigenvalue weighted by molar-refractivity contribution is -0.151. The minimum atomic E-state index is -4.24. The van der Waals surface area contributed by atoms with Crippen molar-refractivity contribution in [2.45, 2.75) is 63.9 Å². The van der Waals surface area contributed by atoms with Crippen molar-refractivity contribution < 1.29 is 46.9 Å². The molecule has 39 heavy (non-hydrogen) atoms.